The largest absolute Gasteiger partial charge is 0.490 e. The van der Waals surface area contributed by atoms with Crippen molar-refractivity contribution in [3.05, 3.63) is 22.3 Å². The van der Waals surface area contributed by atoms with Crippen LogP contribution in [0.5, 0.6) is 11.5 Å². The Morgan fingerprint density at radius 1 is 1.00 bits per heavy atom. The smallest absolute Gasteiger partial charge is 0.127 e. The van der Waals surface area contributed by atoms with E-state index in [1.807, 2.05) is 0 Å². The Morgan fingerprint density at radius 2 is 1.71 bits per heavy atom. The fraction of sp³-hybridized carbons (Fsp3) is 0.667. The third-order valence-corrected chi connectivity index (χ3v) is 5.24. The van der Waals surface area contributed by atoms with E-state index in [4.69, 9.17) is 9.47 Å². The highest BCUT2D eigenvalue weighted by Gasteiger charge is 2.36. The molecule has 3 heterocycles. The van der Waals surface area contributed by atoms with E-state index in [2.05, 4.69) is 26.1 Å². The van der Waals surface area contributed by atoms with E-state index in [0.717, 1.165) is 25.9 Å². The summed E-state index contributed by atoms with van der Waals surface area (Å²) in [6.45, 7) is 8.79. The molecule has 0 aliphatic carbocycles. The van der Waals surface area contributed by atoms with Crippen molar-refractivity contribution in [2.24, 2.45) is 0 Å². The first-order valence-corrected chi connectivity index (χ1v) is 8.37. The summed E-state index contributed by atoms with van der Waals surface area (Å²) in [6.07, 6.45) is 5.18. The number of fused-ring (bicyclic) bond motifs is 2. The number of hydrogen-bond donors (Lipinski definition) is 1. The van der Waals surface area contributed by atoms with Gasteiger partial charge in [0, 0.05) is 42.0 Å². The van der Waals surface area contributed by atoms with E-state index in [1.54, 1.807) is 0 Å². The van der Waals surface area contributed by atoms with Gasteiger partial charge in [0.1, 0.15) is 23.7 Å². The molecule has 1 saturated heterocycles. The molecular weight excluding hydrogens is 262 g/mol. The first-order chi connectivity index (χ1) is 10.1. The molecule has 3 heteroatoms. The number of piperidine rings is 1. The van der Waals surface area contributed by atoms with E-state index >= 15 is 0 Å². The molecule has 3 aliphatic rings. The summed E-state index contributed by atoms with van der Waals surface area (Å²) < 4.78 is 12.4. The molecule has 0 spiro atoms. The van der Waals surface area contributed by atoms with Gasteiger partial charge in [0.05, 0.1) is 0 Å². The number of rotatable bonds is 1. The van der Waals surface area contributed by atoms with E-state index in [9.17, 15) is 0 Å². The summed E-state index contributed by atoms with van der Waals surface area (Å²) in [7, 11) is 0. The standard InChI is InChI=1S/C18H25NO2/c1-10-7-14-12(3)17-15(8-11(2)20-17)16(18(14)21-10)13-5-4-6-19-9-13/h10-11,13,19H,4-9H2,1-3H3. The summed E-state index contributed by atoms with van der Waals surface area (Å²) >= 11 is 0. The number of nitrogens with one attached hydrogen (secondary N) is 1. The Kier molecular flexibility index (Phi) is 3.14. The fourth-order valence-electron chi connectivity index (χ4n) is 4.29. The lowest BCUT2D eigenvalue weighted by Crippen LogP contribution is -2.29. The Balaban J connectivity index is 1.88. The highest BCUT2D eigenvalue weighted by molar-refractivity contribution is 5.63. The number of ether oxygens (including phenoxy) is 2. The van der Waals surface area contributed by atoms with Crippen molar-refractivity contribution in [2.75, 3.05) is 13.1 Å². The van der Waals surface area contributed by atoms with Crippen LogP contribution in [0, 0.1) is 6.92 Å². The Bertz CT molecular complexity index is 536. The minimum atomic E-state index is 0.300. The second-order valence-corrected chi connectivity index (χ2v) is 6.96. The molecule has 0 amide bonds. The summed E-state index contributed by atoms with van der Waals surface area (Å²) in [6, 6.07) is 0. The van der Waals surface area contributed by atoms with Gasteiger partial charge in [-0.3, -0.25) is 0 Å². The molecule has 0 radical (unpaired) electrons. The molecule has 3 nitrogen and oxygen atoms in total. The van der Waals surface area contributed by atoms with Gasteiger partial charge < -0.3 is 14.8 Å². The molecule has 0 bridgehead atoms. The van der Waals surface area contributed by atoms with Crippen molar-refractivity contribution in [2.45, 2.75) is 64.6 Å². The second-order valence-electron chi connectivity index (χ2n) is 6.96. The van der Waals surface area contributed by atoms with Crippen LogP contribution >= 0.6 is 0 Å². The molecule has 114 valence electrons. The van der Waals surface area contributed by atoms with E-state index < -0.39 is 0 Å². The van der Waals surface area contributed by atoms with Crippen molar-refractivity contribution in [1.29, 1.82) is 0 Å². The van der Waals surface area contributed by atoms with Crippen LogP contribution in [0.1, 0.15) is 54.9 Å². The van der Waals surface area contributed by atoms with Crippen molar-refractivity contribution in [3.8, 4) is 11.5 Å². The molecular formula is C18H25NO2. The van der Waals surface area contributed by atoms with Crippen LogP contribution in [0.4, 0.5) is 0 Å². The average Bonchev–Trinajstić information content (AvgIpc) is 3.03. The molecule has 1 aromatic carbocycles. The molecule has 21 heavy (non-hydrogen) atoms. The summed E-state index contributed by atoms with van der Waals surface area (Å²) in [5.41, 5.74) is 5.62. The quantitative estimate of drug-likeness (QED) is 0.861. The molecule has 1 N–H and O–H groups in total. The summed E-state index contributed by atoms with van der Waals surface area (Å²) in [4.78, 5) is 0. The highest BCUT2D eigenvalue weighted by atomic mass is 16.5. The molecule has 0 aromatic heterocycles. The normalized spacial score (nSPS) is 30.5. The average molecular weight is 287 g/mol. The van der Waals surface area contributed by atoms with Gasteiger partial charge in [-0.15, -0.1) is 0 Å². The van der Waals surface area contributed by atoms with Gasteiger partial charge in [-0.2, -0.15) is 0 Å². The van der Waals surface area contributed by atoms with E-state index in [0.29, 0.717) is 18.1 Å². The Labute approximate surface area is 127 Å². The van der Waals surface area contributed by atoms with Crippen LogP contribution in [0.3, 0.4) is 0 Å². The zero-order valence-electron chi connectivity index (χ0n) is 13.3. The zero-order chi connectivity index (χ0) is 14.6. The maximum absolute atomic E-state index is 6.25. The molecule has 3 aliphatic heterocycles. The van der Waals surface area contributed by atoms with Crippen LogP contribution in [0.25, 0.3) is 0 Å². The van der Waals surface area contributed by atoms with E-state index in [-0.39, 0.29) is 0 Å². The molecule has 3 unspecified atom stereocenters. The summed E-state index contributed by atoms with van der Waals surface area (Å²) in [5.74, 6) is 2.95. The van der Waals surface area contributed by atoms with Gasteiger partial charge in [0.15, 0.2) is 0 Å². The van der Waals surface area contributed by atoms with Crippen LogP contribution < -0.4 is 14.8 Å². The second kappa shape index (κ2) is 4.91. The predicted molar refractivity (Wildman–Crippen MR) is 83.6 cm³/mol. The number of hydrogen-bond acceptors (Lipinski definition) is 3. The van der Waals surface area contributed by atoms with Gasteiger partial charge in [-0.1, -0.05) is 0 Å². The lowest BCUT2D eigenvalue weighted by Gasteiger charge is -2.27. The van der Waals surface area contributed by atoms with Crippen LogP contribution in [-0.2, 0) is 12.8 Å². The van der Waals surface area contributed by atoms with Gasteiger partial charge >= 0.3 is 0 Å². The third kappa shape index (κ3) is 2.05. The van der Waals surface area contributed by atoms with Crippen molar-refractivity contribution in [3.63, 3.8) is 0 Å². The third-order valence-electron chi connectivity index (χ3n) is 5.24. The Hall–Kier alpha value is -1.22. The fourth-order valence-corrected chi connectivity index (χ4v) is 4.29. The maximum atomic E-state index is 6.25. The van der Waals surface area contributed by atoms with Crippen LogP contribution in [-0.4, -0.2) is 25.3 Å². The molecule has 0 saturated carbocycles. The lowest BCUT2D eigenvalue weighted by molar-refractivity contribution is 0.249. The SMILES string of the molecule is Cc1c2c(c(C3CCCNC3)c3c1OC(C)C3)OC(C)C2. The van der Waals surface area contributed by atoms with Gasteiger partial charge in [0.25, 0.3) is 0 Å². The molecule has 4 rings (SSSR count). The van der Waals surface area contributed by atoms with Crippen molar-refractivity contribution < 1.29 is 9.47 Å². The van der Waals surface area contributed by atoms with Crippen molar-refractivity contribution in [1.82, 2.24) is 5.32 Å². The van der Waals surface area contributed by atoms with Gasteiger partial charge in [-0.05, 0) is 45.7 Å². The molecule has 1 fully saturated rings. The lowest BCUT2D eigenvalue weighted by atomic mass is 9.83. The van der Waals surface area contributed by atoms with Crippen LogP contribution in [0.15, 0.2) is 0 Å². The maximum Gasteiger partial charge on any atom is 0.127 e. The van der Waals surface area contributed by atoms with Crippen LogP contribution in [0.2, 0.25) is 0 Å². The summed E-state index contributed by atoms with van der Waals surface area (Å²) in [5, 5.41) is 3.56. The topological polar surface area (TPSA) is 30.5 Å². The minimum Gasteiger partial charge on any atom is -0.490 e. The highest BCUT2D eigenvalue weighted by Crippen LogP contribution is 2.49. The Morgan fingerprint density at radius 3 is 2.43 bits per heavy atom. The van der Waals surface area contributed by atoms with E-state index in [1.165, 1.54) is 46.6 Å². The first-order valence-electron chi connectivity index (χ1n) is 8.37. The van der Waals surface area contributed by atoms with Gasteiger partial charge in [0.2, 0.25) is 0 Å². The monoisotopic (exact) mass is 287 g/mol. The minimum absolute atomic E-state index is 0.300. The van der Waals surface area contributed by atoms with Gasteiger partial charge in [-0.25, -0.2) is 0 Å². The molecule has 1 aromatic rings. The molecule has 3 atom stereocenters. The first kappa shape index (κ1) is 13.4. The zero-order valence-corrected chi connectivity index (χ0v) is 13.3. The predicted octanol–water partition coefficient (Wildman–Crippen LogP) is 3.11. The number of benzene rings is 1. The van der Waals surface area contributed by atoms with Crippen molar-refractivity contribution >= 4 is 0 Å².